The van der Waals surface area contributed by atoms with Gasteiger partial charge in [0, 0.05) is 6.42 Å². The second-order valence-electron chi connectivity index (χ2n) is 6.04. The molecule has 0 bridgehead atoms. The van der Waals surface area contributed by atoms with Crippen LogP contribution < -0.4 is 0 Å². The van der Waals surface area contributed by atoms with E-state index >= 15 is 0 Å². The maximum atomic E-state index is 11.2. The van der Waals surface area contributed by atoms with Crippen LogP contribution in [0.3, 0.4) is 0 Å². The molecule has 108 valence electrons. The van der Waals surface area contributed by atoms with Crippen molar-refractivity contribution in [2.75, 3.05) is 20.6 Å². The minimum atomic E-state index is -0.781. The molecule has 0 spiro atoms. The number of aliphatic hydroxyl groups is 1. The Balaban J connectivity index is 2.17. The molecule has 2 nitrogen and oxygen atoms in total. The zero-order valence-electron chi connectivity index (χ0n) is 12.6. The highest BCUT2D eigenvalue weighted by molar-refractivity contribution is 5.26. The molecule has 20 heavy (non-hydrogen) atoms. The average molecular weight is 271 g/mol. The summed E-state index contributed by atoms with van der Waals surface area (Å²) in [7, 11) is 4.02. The number of nitrogens with zero attached hydrogens (tertiary/aromatic N) is 1. The van der Waals surface area contributed by atoms with Crippen molar-refractivity contribution in [1.82, 2.24) is 4.90 Å². The molecule has 0 radical (unpaired) electrons. The van der Waals surface area contributed by atoms with Crippen LogP contribution in [-0.4, -0.2) is 30.6 Å². The predicted octanol–water partition coefficient (Wildman–Crippen LogP) is 3.02. The first-order chi connectivity index (χ1) is 9.63. The van der Waals surface area contributed by atoms with Crippen LogP contribution in [0.15, 0.2) is 30.3 Å². The fourth-order valence-electron chi connectivity index (χ4n) is 3.02. The molecule has 0 saturated heterocycles. The molecule has 0 aromatic heterocycles. The highest BCUT2D eigenvalue weighted by Gasteiger charge is 2.39. The van der Waals surface area contributed by atoms with Gasteiger partial charge in [-0.3, -0.25) is 4.90 Å². The molecular weight excluding hydrogens is 246 g/mol. The summed E-state index contributed by atoms with van der Waals surface area (Å²) in [5.74, 6) is 6.69. The summed E-state index contributed by atoms with van der Waals surface area (Å²) in [4.78, 5) is 2.05. The zero-order chi connectivity index (χ0) is 14.4. The molecule has 1 N–H and O–H groups in total. The predicted molar refractivity (Wildman–Crippen MR) is 83.2 cm³/mol. The Kier molecular flexibility index (Phi) is 5.23. The third kappa shape index (κ3) is 3.62. The lowest BCUT2D eigenvalue weighted by Gasteiger charge is -2.33. The fraction of sp³-hybridized carbons (Fsp3) is 0.556. The van der Waals surface area contributed by atoms with Crippen molar-refractivity contribution in [3.05, 3.63) is 35.9 Å². The van der Waals surface area contributed by atoms with Crippen molar-refractivity contribution >= 4 is 0 Å². The maximum Gasteiger partial charge on any atom is 0.103 e. The van der Waals surface area contributed by atoms with Crippen molar-refractivity contribution in [3.63, 3.8) is 0 Å². The van der Waals surface area contributed by atoms with Gasteiger partial charge in [0.25, 0.3) is 0 Å². The first-order valence-corrected chi connectivity index (χ1v) is 7.51. The monoisotopic (exact) mass is 271 g/mol. The average Bonchev–Trinajstić information content (AvgIpc) is 2.99. The van der Waals surface area contributed by atoms with Crippen molar-refractivity contribution < 1.29 is 5.11 Å². The molecule has 2 heteroatoms. The Bertz CT molecular complexity index is 465. The van der Waals surface area contributed by atoms with E-state index in [0.717, 1.165) is 24.9 Å². The molecule has 1 saturated carbocycles. The minimum absolute atomic E-state index is 0.346. The molecule has 0 aliphatic heterocycles. The largest absolute Gasteiger partial charge is 0.384 e. The molecule has 1 fully saturated rings. The summed E-state index contributed by atoms with van der Waals surface area (Å²) >= 11 is 0. The first kappa shape index (κ1) is 15.1. The van der Waals surface area contributed by atoms with E-state index in [0.29, 0.717) is 12.3 Å². The summed E-state index contributed by atoms with van der Waals surface area (Å²) in [6.45, 7) is 0.746. The number of benzene rings is 1. The van der Waals surface area contributed by atoms with E-state index in [-0.39, 0.29) is 0 Å². The van der Waals surface area contributed by atoms with Crippen LogP contribution in [0.1, 0.15) is 37.7 Å². The van der Waals surface area contributed by atoms with E-state index in [2.05, 4.69) is 11.8 Å². The third-order valence-corrected chi connectivity index (χ3v) is 4.18. The van der Waals surface area contributed by atoms with E-state index in [9.17, 15) is 5.11 Å². The number of hydrogen-bond acceptors (Lipinski definition) is 2. The van der Waals surface area contributed by atoms with Gasteiger partial charge in [0.05, 0.1) is 6.54 Å². The van der Waals surface area contributed by atoms with E-state index in [1.807, 2.05) is 49.3 Å². The summed E-state index contributed by atoms with van der Waals surface area (Å²) in [6.07, 6.45) is 5.22. The molecule has 0 unspecified atom stereocenters. The second kappa shape index (κ2) is 6.92. The SMILES string of the molecule is CN(C)CC#CC[C@](O)(c1ccccc1)C1CCCC1. The molecule has 1 aromatic carbocycles. The van der Waals surface area contributed by atoms with E-state index in [1.165, 1.54) is 12.8 Å². The van der Waals surface area contributed by atoms with Crippen LogP contribution in [0.5, 0.6) is 0 Å². The van der Waals surface area contributed by atoms with Gasteiger partial charge in [0.15, 0.2) is 0 Å². The standard InChI is InChI=1S/C18H25NO/c1-19(2)15-9-8-14-18(20,17-12-6-7-13-17)16-10-4-3-5-11-16/h3-5,10-11,17,20H,6-7,12-15H2,1-2H3/t18-/m0/s1. The van der Waals surface area contributed by atoms with Crippen LogP contribution in [0.25, 0.3) is 0 Å². The Labute approximate surface area is 122 Å². The Hall–Kier alpha value is -1.30. The van der Waals surface area contributed by atoms with Crippen LogP contribution in [0, 0.1) is 17.8 Å². The highest BCUT2D eigenvalue weighted by atomic mass is 16.3. The van der Waals surface area contributed by atoms with Crippen LogP contribution in [0.2, 0.25) is 0 Å². The molecular formula is C18H25NO. The lowest BCUT2D eigenvalue weighted by Crippen LogP contribution is -2.33. The first-order valence-electron chi connectivity index (χ1n) is 7.51. The van der Waals surface area contributed by atoms with Gasteiger partial charge in [-0.1, -0.05) is 55.0 Å². The van der Waals surface area contributed by atoms with Gasteiger partial charge in [-0.15, -0.1) is 0 Å². The quantitative estimate of drug-likeness (QED) is 0.851. The van der Waals surface area contributed by atoms with Gasteiger partial charge >= 0.3 is 0 Å². The van der Waals surface area contributed by atoms with Crippen molar-refractivity contribution in [2.45, 2.75) is 37.7 Å². The molecule has 1 aromatic rings. The van der Waals surface area contributed by atoms with Gasteiger partial charge < -0.3 is 5.11 Å². The second-order valence-corrected chi connectivity index (χ2v) is 6.04. The molecule has 1 atom stereocenters. The molecule has 0 amide bonds. The molecule has 1 aliphatic rings. The summed E-state index contributed by atoms with van der Waals surface area (Å²) < 4.78 is 0. The van der Waals surface area contributed by atoms with Gasteiger partial charge in [-0.25, -0.2) is 0 Å². The van der Waals surface area contributed by atoms with E-state index in [4.69, 9.17) is 0 Å². The molecule has 2 rings (SSSR count). The van der Waals surface area contributed by atoms with Gasteiger partial charge in [0.2, 0.25) is 0 Å². The zero-order valence-corrected chi connectivity index (χ0v) is 12.6. The molecule has 0 heterocycles. The van der Waals surface area contributed by atoms with Crippen molar-refractivity contribution in [2.24, 2.45) is 5.92 Å². The Morgan fingerprint density at radius 2 is 1.80 bits per heavy atom. The Morgan fingerprint density at radius 1 is 1.15 bits per heavy atom. The van der Waals surface area contributed by atoms with Gasteiger partial charge in [-0.2, -0.15) is 0 Å². The maximum absolute atomic E-state index is 11.2. The van der Waals surface area contributed by atoms with Crippen molar-refractivity contribution in [1.29, 1.82) is 0 Å². The highest BCUT2D eigenvalue weighted by Crippen LogP contribution is 2.42. The molecule has 1 aliphatic carbocycles. The summed E-state index contributed by atoms with van der Waals surface area (Å²) in [5, 5.41) is 11.2. The number of hydrogen-bond donors (Lipinski definition) is 1. The van der Waals surface area contributed by atoms with Crippen molar-refractivity contribution in [3.8, 4) is 11.8 Å². The third-order valence-electron chi connectivity index (χ3n) is 4.18. The normalized spacial score (nSPS) is 18.6. The lowest BCUT2D eigenvalue weighted by molar-refractivity contribution is -0.0173. The van der Waals surface area contributed by atoms with Crippen LogP contribution in [0.4, 0.5) is 0 Å². The minimum Gasteiger partial charge on any atom is -0.384 e. The lowest BCUT2D eigenvalue weighted by atomic mass is 9.78. The number of rotatable bonds is 4. The smallest absolute Gasteiger partial charge is 0.103 e. The van der Waals surface area contributed by atoms with Gasteiger partial charge in [-0.05, 0) is 38.4 Å². The van der Waals surface area contributed by atoms with Crippen LogP contribution >= 0.6 is 0 Å². The fourth-order valence-corrected chi connectivity index (χ4v) is 3.02. The topological polar surface area (TPSA) is 23.5 Å². The Morgan fingerprint density at radius 3 is 2.40 bits per heavy atom. The van der Waals surface area contributed by atoms with E-state index < -0.39 is 5.60 Å². The van der Waals surface area contributed by atoms with Crippen LogP contribution in [-0.2, 0) is 5.60 Å². The summed E-state index contributed by atoms with van der Waals surface area (Å²) in [6, 6.07) is 10.1. The van der Waals surface area contributed by atoms with E-state index in [1.54, 1.807) is 0 Å². The summed E-state index contributed by atoms with van der Waals surface area (Å²) in [5.41, 5.74) is 0.239. The van der Waals surface area contributed by atoms with Gasteiger partial charge in [0.1, 0.15) is 5.60 Å².